The van der Waals surface area contributed by atoms with Crippen LogP contribution in [-0.2, 0) is 9.59 Å². The second-order valence-corrected chi connectivity index (χ2v) is 7.58. The monoisotopic (exact) mass is 459 g/mol. The number of carbonyl (C=O) groups excluding carboxylic acids is 3. The van der Waals surface area contributed by atoms with E-state index < -0.39 is 17.8 Å². The van der Waals surface area contributed by atoms with Crippen molar-refractivity contribution in [3.63, 3.8) is 0 Å². The van der Waals surface area contributed by atoms with E-state index in [1.165, 1.54) is 7.11 Å². The van der Waals surface area contributed by atoms with Crippen LogP contribution in [0.4, 0.5) is 5.69 Å². The number of esters is 1. The van der Waals surface area contributed by atoms with E-state index in [2.05, 4.69) is 15.8 Å². The molecule has 0 aliphatic heterocycles. The van der Waals surface area contributed by atoms with Crippen molar-refractivity contribution < 1.29 is 23.9 Å². The summed E-state index contributed by atoms with van der Waals surface area (Å²) in [6.07, 6.45) is 0. The van der Waals surface area contributed by atoms with E-state index >= 15 is 0 Å². The fourth-order valence-corrected chi connectivity index (χ4v) is 2.90. The minimum absolute atomic E-state index is 0.242. The van der Waals surface area contributed by atoms with Crippen LogP contribution in [0.2, 0.25) is 0 Å². The Kier molecular flexibility index (Phi) is 7.76. The maximum atomic E-state index is 12.4. The van der Waals surface area contributed by atoms with E-state index in [4.69, 9.17) is 9.47 Å². The molecule has 0 saturated heterocycles. The number of anilines is 1. The normalized spacial score (nSPS) is 10.9. The topological polar surface area (TPSA) is 106 Å². The SMILES string of the molecule is COc1cc(/C(C)=N/NC(=O)C(=O)Nc2ccc(C)cc2)ccc1OC(=O)c1ccc(C)cc1. The molecule has 34 heavy (non-hydrogen) atoms. The van der Waals surface area contributed by atoms with Crippen molar-refractivity contribution in [2.45, 2.75) is 20.8 Å². The van der Waals surface area contributed by atoms with Gasteiger partial charge in [-0.1, -0.05) is 35.4 Å². The first-order chi connectivity index (χ1) is 16.3. The van der Waals surface area contributed by atoms with E-state index in [9.17, 15) is 14.4 Å². The summed E-state index contributed by atoms with van der Waals surface area (Å²) in [6.45, 7) is 5.51. The van der Waals surface area contributed by atoms with Crippen LogP contribution in [-0.4, -0.2) is 30.6 Å². The predicted octanol–water partition coefficient (Wildman–Crippen LogP) is 4.01. The third-order valence-corrected chi connectivity index (χ3v) is 4.91. The maximum absolute atomic E-state index is 12.4. The summed E-state index contributed by atoms with van der Waals surface area (Å²) in [4.78, 5) is 36.6. The minimum Gasteiger partial charge on any atom is -0.493 e. The highest BCUT2D eigenvalue weighted by molar-refractivity contribution is 6.39. The fraction of sp³-hybridized carbons (Fsp3) is 0.154. The Morgan fingerprint density at radius 1 is 0.765 bits per heavy atom. The molecule has 3 aromatic carbocycles. The van der Waals surface area contributed by atoms with E-state index in [1.807, 2.05) is 38.1 Å². The molecule has 0 radical (unpaired) electrons. The molecule has 0 aliphatic carbocycles. The first-order valence-electron chi connectivity index (χ1n) is 10.5. The van der Waals surface area contributed by atoms with E-state index in [-0.39, 0.29) is 5.75 Å². The summed E-state index contributed by atoms with van der Waals surface area (Å²) < 4.78 is 10.8. The van der Waals surface area contributed by atoms with Crippen LogP contribution in [0, 0.1) is 13.8 Å². The second-order valence-electron chi connectivity index (χ2n) is 7.58. The Bertz CT molecular complexity index is 1230. The van der Waals surface area contributed by atoms with E-state index in [0.717, 1.165) is 11.1 Å². The molecular formula is C26H25N3O5. The molecule has 2 N–H and O–H groups in total. The first-order valence-corrected chi connectivity index (χ1v) is 10.5. The number of nitrogens with one attached hydrogen (secondary N) is 2. The predicted molar refractivity (Wildman–Crippen MR) is 129 cm³/mol. The molecule has 174 valence electrons. The average Bonchev–Trinajstić information content (AvgIpc) is 2.84. The number of ether oxygens (including phenoxy) is 2. The zero-order valence-electron chi connectivity index (χ0n) is 19.3. The highest BCUT2D eigenvalue weighted by atomic mass is 16.6. The van der Waals surface area contributed by atoms with Gasteiger partial charge in [-0.15, -0.1) is 0 Å². The van der Waals surface area contributed by atoms with Crippen molar-refractivity contribution >= 4 is 29.2 Å². The Morgan fingerprint density at radius 2 is 1.35 bits per heavy atom. The van der Waals surface area contributed by atoms with E-state index in [0.29, 0.717) is 28.3 Å². The molecule has 3 rings (SSSR count). The number of hydrogen-bond acceptors (Lipinski definition) is 6. The molecule has 0 unspecified atom stereocenters. The average molecular weight is 460 g/mol. The van der Waals surface area contributed by atoms with Crippen LogP contribution in [0.1, 0.15) is 34.0 Å². The lowest BCUT2D eigenvalue weighted by Crippen LogP contribution is -2.32. The number of carbonyl (C=O) groups is 3. The van der Waals surface area contributed by atoms with Gasteiger partial charge in [0.1, 0.15) is 0 Å². The van der Waals surface area contributed by atoms with Crippen molar-refractivity contribution in [2.24, 2.45) is 5.10 Å². The molecule has 0 heterocycles. The molecule has 0 saturated carbocycles. The maximum Gasteiger partial charge on any atom is 0.343 e. The van der Waals surface area contributed by atoms with Gasteiger partial charge in [-0.2, -0.15) is 5.10 Å². The number of aryl methyl sites for hydroxylation is 2. The van der Waals surface area contributed by atoms with Gasteiger partial charge >= 0.3 is 17.8 Å². The standard InChI is InChI=1S/C26H25N3O5/c1-16-5-9-19(10-6-16)26(32)34-22-14-11-20(15-23(22)33-4)18(3)28-29-25(31)24(30)27-21-12-7-17(2)8-13-21/h5-15H,1-4H3,(H,27,30)(H,29,31)/b28-18+. The quantitative estimate of drug-likeness (QED) is 0.190. The molecule has 0 spiro atoms. The highest BCUT2D eigenvalue weighted by Crippen LogP contribution is 2.29. The van der Waals surface area contributed by atoms with Gasteiger partial charge in [0.05, 0.1) is 18.4 Å². The van der Waals surface area contributed by atoms with Gasteiger partial charge in [-0.05, 0) is 63.2 Å². The molecule has 2 amide bonds. The summed E-state index contributed by atoms with van der Waals surface area (Å²) in [5.41, 5.74) is 6.25. The van der Waals surface area contributed by atoms with Gasteiger partial charge in [-0.3, -0.25) is 9.59 Å². The van der Waals surface area contributed by atoms with Gasteiger partial charge < -0.3 is 14.8 Å². The number of hydrogen-bond donors (Lipinski definition) is 2. The Labute approximate surface area is 197 Å². The zero-order chi connectivity index (χ0) is 24.7. The highest BCUT2D eigenvalue weighted by Gasteiger charge is 2.15. The Morgan fingerprint density at radius 3 is 1.97 bits per heavy atom. The van der Waals surface area contributed by atoms with Gasteiger partial charge in [0.25, 0.3) is 0 Å². The van der Waals surface area contributed by atoms with Crippen LogP contribution >= 0.6 is 0 Å². The third-order valence-electron chi connectivity index (χ3n) is 4.91. The molecule has 0 aromatic heterocycles. The molecule has 3 aromatic rings. The van der Waals surface area contributed by atoms with Gasteiger partial charge in [-0.25, -0.2) is 10.2 Å². The molecule has 8 nitrogen and oxygen atoms in total. The Balaban J connectivity index is 1.65. The summed E-state index contributed by atoms with van der Waals surface area (Å²) in [6, 6.07) is 18.9. The van der Waals surface area contributed by atoms with Crippen molar-refractivity contribution in [2.75, 3.05) is 12.4 Å². The molecule has 8 heteroatoms. The van der Waals surface area contributed by atoms with Crippen LogP contribution < -0.4 is 20.2 Å². The van der Waals surface area contributed by atoms with Gasteiger partial charge in [0.2, 0.25) is 0 Å². The van der Waals surface area contributed by atoms with Gasteiger partial charge in [0.15, 0.2) is 11.5 Å². The van der Waals surface area contributed by atoms with Crippen LogP contribution in [0.3, 0.4) is 0 Å². The smallest absolute Gasteiger partial charge is 0.343 e. The lowest BCUT2D eigenvalue weighted by Gasteiger charge is -2.11. The van der Waals surface area contributed by atoms with Crippen LogP contribution in [0.5, 0.6) is 11.5 Å². The van der Waals surface area contributed by atoms with Crippen molar-refractivity contribution in [3.8, 4) is 11.5 Å². The Hall–Kier alpha value is -4.46. The first kappa shape index (κ1) is 24.2. The van der Waals surface area contributed by atoms with Gasteiger partial charge in [0, 0.05) is 11.3 Å². The van der Waals surface area contributed by atoms with Crippen molar-refractivity contribution in [1.29, 1.82) is 0 Å². The lowest BCUT2D eigenvalue weighted by atomic mass is 10.1. The third kappa shape index (κ3) is 6.29. The largest absolute Gasteiger partial charge is 0.493 e. The summed E-state index contributed by atoms with van der Waals surface area (Å²) in [7, 11) is 1.45. The fourth-order valence-electron chi connectivity index (χ4n) is 2.90. The number of benzene rings is 3. The second kappa shape index (κ2) is 10.9. The summed E-state index contributed by atoms with van der Waals surface area (Å²) in [5, 5.41) is 6.49. The molecule has 0 atom stereocenters. The molecule has 0 fully saturated rings. The van der Waals surface area contributed by atoms with Crippen LogP contribution in [0.25, 0.3) is 0 Å². The number of methoxy groups -OCH3 is 1. The molecular weight excluding hydrogens is 434 g/mol. The number of amides is 2. The number of rotatable bonds is 6. The zero-order valence-corrected chi connectivity index (χ0v) is 19.3. The van der Waals surface area contributed by atoms with Crippen molar-refractivity contribution in [1.82, 2.24) is 5.43 Å². The van der Waals surface area contributed by atoms with Crippen molar-refractivity contribution in [3.05, 3.63) is 89.0 Å². The minimum atomic E-state index is -0.907. The lowest BCUT2D eigenvalue weighted by molar-refractivity contribution is -0.136. The van der Waals surface area contributed by atoms with E-state index in [1.54, 1.807) is 49.4 Å². The summed E-state index contributed by atoms with van der Waals surface area (Å²) >= 11 is 0. The molecule has 0 aliphatic rings. The summed E-state index contributed by atoms with van der Waals surface area (Å²) in [5.74, 6) is -1.70. The molecule has 0 bridgehead atoms. The number of nitrogens with zero attached hydrogens (tertiary/aromatic N) is 1. The van der Waals surface area contributed by atoms with Crippen LogP contribution in [0.15, 0.2) is 71.8 Å². The number of hydrazone groups is 1.